The smallest absolute Gasteiger partial charge is 0.293 e. The van der Waals surface area contributed by atoms with E-state index < -0.39 is 17.0 Å². The van der Waals surface area contributed by atoms with Gasteiger partial charge >= 0.3 is 0 Å². The number of fused-ring (bicyclic) bond motifs is 1. The van der Waals surface area contributed by atoms with Crippen molar-refractivity contribution in [1.29, 1.82) is 0 Å². The number of nitrogens with zero attached hydrogens (tertiary/aromatic N) is 1. The number of rotatable bonds is 4. The lowest BCUT2D eigenvalue weighted by Gasteiger charge is -2.13. The second-order valence-corrected chi connectivity index (χ2v) is 7.26. The van der Waals surface area contributed by atoms with Gasteiger partial charge in [0.2, 0.25) is 0 Å². The van der Waals surface area contributed by atoms with E-state index in [1.165, 1.54) is 6.07 Å². The highest BCUT2D eigenvalue weighted by Crippen LogP contribution is 2.37. The molecule has 0 bridgehead atoms. The lowest BCUT2D eigenvalue weighted by atomic mass is 10.0. The molecule has 1 saturated heterocycles. The number of amides is 2. The number of halogens is 1. The lowest BCUT2D eigenvalue weighted by molar-refractivity contribution is -0.123. The van der Waals surface area contributed by atoms with Crippen molar-refractivity contribution in [2.24, 2.45) is 0 Å². The minimum absolute atomic E-state index is 0.0959. The van der Waals surface area contributed by atoms with Gasteiger partial charge < -0.3 is 4.74 Å². The molecule has 0 N–H and O–H groups in total. The van der Waals surface area contributed by atoms with Gasteiger partial charge in [0.05, 0.1) is 18.6 Å². The Labute approximate surface area is 165 Å². The minimum Gasteiger partial charge on any atom is -0.496 e. The predicted molar refractivity (Wildman–Crippen MR) is 108 cm³/mol. The van der Waals surface area contributed by atoms with Gasteiger partial charge in [-0.3, -0.25) is 14.5 Å². The third kappa shape index (κ3) is 3.27. The van der Waals surface area contributed by atoms with Crippen LogP contribution >= 0.6 is 11.8 Å². The van der Waals surface area contributed by atoms with E-state index in [0.717, 1.165) is 33.0 Å². The number of carbonyl (C=O) groups excluding carboxylic acids is 2. The fourth-order valence-electron chi connectivity index (χ4n) is 3.17. The quantitative estimate of drug-likeness (QED) is 0.570. The maximum atomic E-state index is 13.9. The van der Waals surface area contributed by atoms with Crippen LogP contribution in [0.3, 0.4) is 0 Å². The Morgan fingerprint density at radius 1 is 1.04 bits per heavy atom. The molecule has 3 aromatic rings. The Morgan fingerprint density at radius 3 is 2.57 bits per heavy atom. The number of methoxy groups -OCH3 is 1. The summed E-state index contributed by atoms with van der Waals surface area (Å²) in [5.74, 6) is -0.269. The molecule has 0 saturated carbocycles. The van der Waals surface area contributed by atoms with Gasteiger partial charge in [-0.1, -0.05) is 48.5 Å². The third-order valence-electron chi connectivity index (χ3n) is 4.59. The maximum Gasteiger partial charge on any atom is 0.293 e. The van der Waals surface area contributed by atoms with E-state index in [1.54, 1.807) is 31.4 Å². The van der Waals surface area contributed by atoms with Gasteiger partial charge in [-0.25, -0.2) is 4.39 Å². The first-order valence-electron chi connectivity index (χ1n) is 8.63. The standard InChI is InChI=1S/C22H16FNO3S/c1-27-19-11-10-14-6-2-4-8-16(14)17(19)12-20-21(25)24(22(26)28-20)13-15-7-3-5-9-18(15)23/h2-12H,13H2,1H3/b20-12-. The molecule has 0 aromatic heterocycles. The molecule has 1 heterocycles. The van der Waals surface area contributed by atoms with Crippen molar-refractivity contribution in [3.05, 3.63) is 82.5 Å². The highest BCUT2D eigenvalue weighted by molar-refractivity contribution is 8.18. The van der Waals surface area contributed by atoms with Crippen LogP contribution in [0.15, 0.2) is 65.6 Å². The first-order valence-corrected chi connectivity index (χ1v) is 9.44. The number of benzene rings is 3. The zero-order valence-electron chi connectivity index (χ0n) is 15.0. The van der Waals surface area contributed by atoms with Crippen molar-refractivity contribution >= 4 is 39.8 Å². The van der Waals surface area contributed by atoms with Crippen molar-refractivity contribution in [3.8, 4) is 5.75 Å². The summed E-state index contributed by atoms with van der Waals surface area (Å²) < 4.78 is 19.4. The number of imide groups is 1. The third-order valence-corrected chi connectivity index (χ3v) is 5.49. The van der Waals surface area contributed by atoms with Crippen LogP contribution in [0, 0.1) is 5.82 Å². The molecule has 1 aliphatic heterocycles. The largest absolute Gasteiger partial charge is 0.496 e. The van der Waals surface area contributed by atoms with E-state index in [-0.39, 0.29) is 11.4 Å². The molecule has 2 amide bonds. The monoisotopic (exact) mass is 393 g/mol. The van der Waals surface area contributed by atoms with Gasteiger partial charge in [0.15, 0.2) is 0 Å². The summed E-state index contributed by atoms with van der Waals surface area (Å²) in [5.41, 5.74) is 1.03. The molecule has 1 aliphatic rings. The normalized spacial score (nSPS) is 15.6. The Balaban J connectivity index is 1.72. The van der Waals surface area contributed by atoms with Crippen LogP contribution in [0.25, 0.3) is 16.8 Å². The zero-order valence-corrected chi connectivity index (χ0v) is 15.8. The Hall–Kier alpha value is -3.12. The number of hydrogen-bond donors (Lipinski definition) is 0. The second kappa shape index (κ2) is 7.48. The Kier molecular flexibility index (Phi) is 4.88. The number of carbonyl (C=O) groups is 2. The summed E-state index contributed by atoms with van der Waals surface area (Å²) in [6, 6.07) is 17.6. The zero-order chi connectivity index (χ0) is 19.7. The number of hydrogen-bond acceptors (Lipinski definition) is 4. The van der Waals surface area contributed by atoms with E-state index in [1.807, 2.05) is 36.4 Å². The lowest BCUT2D eigenvalue weighted by Crippen LogP contribution is -2.27. The summed E-state index contributed by atoms with van der Waals surface area (Å²) in [5, 5.41) is 1.50. The van der Waals surface area contributed by atoms with Crippen LogP contribution in [-0.2, 0) is 11.3 Å². The molecule has 0 atom stereocenters. The summed E-state index contributed by atoms with van der Waals surface area (Å²) in [6.07, 6.45) is 1.67. The molecule has 140 valence electrons. The first kappa shape index (κ1) is 18.3. The van der Waals surface area contributed by atoms with Crippen LogP contribution < -0.4 is 4.74 Å². The van der Waals surface area contributed by atoms with Crippen molar-refractivity contribution in [1.82, 2.24) is 4.90 Å². The van der Waals surface area contributed by atoms with Crippen molar-refractivity contribution < 1.29 is 18.7 Å². The molecule has 28 heavy (non-hydrogen) atoms. The van der Waals surface area contributed by atoms with Gasteiger partial charge in [0.1, 0.15) is 11.6 Å². The molecule has 4 nitrogen and oxygen atoms in total. The maximum absolute atomic E-state index is 13.9. The SMILES string of the molecule is COc1ccc2ccccc2c1/C=C1\SC(=O)N(Cc2ccccc2F)C1=O. The van der Waals surface area contributed by atoms with Crippen LogP contribution in [0.4, 0.5) is 9.18 Å². The molecule has 3 aromatic carbocycles. The van der Waals surface area contributed by atoms with E-state index >= 15 is 0 Å². The second-order valence-electron chi connectivity index (χ2n) is 6.26. The molecule has 0 spiro atoms. The molecular formula is C22H16FNO3S. The van der Waals surface area contributed by atoms with Crippen molar-refractivity contribution in [2.75, 3.05) is 7.11 Å². The predicted octanol–water partition coefficient (Wildman–Crippen LogP) is 5.22. The molecule has 0 aliphatic carbocycles. The van der Waals surface area contributed by atoms with Gasteiger partial charge in [0.25, 0.3) is 11.1 Å². The highest BCUT2D eigenvalue weighted by atomic mass is 32.2. The van der Waals surface area contributed by atoms with Crippen LogP contribution in [0.5, 0.6) is 5.75 Å². The van der Waals surface area contributed by atoms with Crippen LogP contribution in [-0.4, -0.2) is 23.2 Å². The van der Waals surface area contributed by atoms with Gasteiger partial charge in [-0.05, 0) is 40.7 Å². The van der Waals surface area contributed by atoms with E-state index in [2.05, 4.69) is 0 Å². The summed E-state index contributed by atoms with van der Waals surface area (Å²) in [6.45, 7) is -0.0959. The van der Waals surface area contributed by atoms with Crippen molar-refractivity contribution in [2.45, 2.75) is 6.54 Å². The van der Waals surface area contributed by atoms with E-state index in [4.69, 9.17) is 4.74 Å². The number of ether oxygens (including phenoxy) is 1. The molecular weight excluding hydrogens is 377 g/mol. The molecule has 1 fully saturated rings. The minimum atomic E-state index is -0.443. The average molecular weight is 393 g/mol. The molecule has 6 heteroatoms. The van der Waals surface area contributed by atoms with Gasteiger partial charge in [-0.2, -0.15) is 0 Å². The van der Waals surface area contributed by atoms with Crippen molar-refractivity contribution in [3.63, 3.8) is 0 Å². The topological polar surface area (TPSA) is 46.6 Å². The van der Waals surface area contributed by atoms with Crippen LogP contribution in [0.1, 0.15) is 11.1 Å². The summed E-state index contributed by atoms with van der Waals surface area (Å²) >= 11 is 0.850. The van der Waals surface area contributed by atoms with E-state index in [9.17, 15) is 14.0 Å². The van der Waals surface area contributed by atoms with Crippen LogP contribution in [0.2, 0.25) is 0 Å². The average Bonchev–Trinajstić information content (AvgIpc) is 2.97. The number of thioether (sulfide) groups is 1. The highest BCUT2D eigenvalue weighted by Gasteiger charge is 2.35. The molecule has 0 radical (unpaired) electrons. The Bertz CT molecular complexity index is 1130. The first-order chi connectivity index (χ1) is 13.6. The molecule has 0 unspecified atom stereocenters. The Morgan fingerprint density at radius 2 is 1.79 bits per heavy atom. The van der Waals surface area contributed by atoms with E-state index in [0.29, 0.717) is 11.3 Å². The molecule has 4 rings (SSSR count). The van der Waals surface area contributed by atoms with Gasteiger partial charge in [0, 0.05) is 11.1 Å². The fourth-order valence-corrected chi connectivity index (χ4v) is 3.99. The summed E-state index contributed by atoms with van der Waals surface area (Å²) in [4.78, 5) is 26.6. The fraction of sp³-hybridized carbons (Fsp3) is 0.0909. The van der Waals surface area contributed by atoms with Gasteiger partial charge in [-0.15, -0.1) is 0 Å². The summed E-state index contributed by atoms with van der Waals surface area (Å²) in [7, 11) is 1.56.